The molecule has 4 heteroatoms. The molecule has 0 saturated carbocycles. The summed E-state index contributed by atoms with van der Waals surface area (Å²) in [7, 11) is 1.77. The van der Waals surface area contributed by atoms with Crippen LogP contribution in [0.2, 0.25) is 0 Å². The fraction of sp³-hybridized carbons (Fsp3) is 0.300. The Morgan fingerprint density at radius 1 is 1.43 bits per heavy atom. The summed E-state index contributed by atoms with van der Waals surface area (Å²) in [6.45, 7) is 0. The van der Waals surface area contributed by atoms with Gasteiger partial charge in [0.2, 0.25) is 5.91 Å². The molecule has 4 nitrogen and oxygen atoms in total. The lowest BCUT2D eigenvalue weighted by Gasteiger charge is -2.25. The molecule has 1 aromatic carbocycles. The minimum atomic E-state index is 0.141. The van der Waals surface area contributed by atoms with Crippen LogP contribution in [-0.4, -0.2) is 18.2 Å². The van der Waals surface area contributed by atoms with Crippen molar-refractivity contribution < 1.29 is 10.0 Å². The van der Waals surface area contributed by atoms with Crippen LogP contribution in [0.25, 0.3) is 0 Å². The van der Waals surface area contributed by atoms with E-state index in [0.29, 0.717) is 12.1 Å². The van der Waals surface area contributed by atoms with Gasteiger partial charge in [-0.25, -0.2) is 0 Å². The zero-order chi connectivity index (χ0) is 10.1. The number of carbonyl (C=O) groups is 1. The van der Waals surface area contributed by atoms with Crippen molar-refractivity contribution >= 4 is 17.3 Å². The Morgan fingerprint density at radius 3 is 2.93 bits per heavy atom. The van der Waals surface area contributed by atoms with E-state index < -0.39 is 0 Å². The van der Waals surface area contributed by atoms with Crippen molar-refractivity contribution in [1.82, 2.24) is 0 Å². The number of aryl methyl sites for hydroxylation is 1. The highest BCUT2D eigenvalue weighted by Crippen LogP contribution is 2.28. The van der Waals surface area contributed by atoms with E-state index in [-0.39, 0.29) is 5.91 Å². The van der Waals surface area contributed by atoms with Crippen molar-refractivity contribution in [2.45, 2.75) is 12.8 Å². The zero-order valence-electron chi connectivity index (χ0n) is 7.95. The van der Waals surface area contributed by atoms with Gasteiger partial charge in [-0.15, -0.1) is 0 Å². The number of benzene rings is 1. The molecule has 0 aromatic heterocycles. The molecule has 74 valence electrons. The van der Waals surface area contributed by atoms with Crippen molar-refractivity contribution in [3.8, 4) is 0 Å². The molecule has 0 saturated heterocycles. The van der Waals surface area contributed by atoms with Crippen LogP contribution in [-0.2, 0) is 11.2 Å². The van der Waals surface area contributed by atoms with Gasteiger partial charge in [0.15, 0.2) is 0 Å². The second-order valence-corrected chi connectivity index (χ2v) is 3.41. The molecule has 1 aliphatic rings. The fourth-order valence-corrected chi connectivity index (χ4v) is 1.73. The van der Waals surface area contributed by atoms with Gasteiger partial charge in [0.1, 0.15) is 0 Å². The predicted molar refractivity (Wildman–Crippen MR) is 53.6 cm³/mol. The van der Waals surface area contributed by atoms with Crippen LogP contribution in [0.4, 0.5) is 11.4 Å². The van der Waals surface area contributed by atoms with Crippen LogP contribution in [0.15, 0.2) is 18.2 Å². The second-order valence-electron chi connectivity index (χ2n) is 3.41. The highest BCUT2D eigenvalue weighted by molar-refractivity contribution is 5.96. The molecule has 1 aromatic rings. The molecule has 0 fully saturated rings. The molecule has 14 heavy (non-hydrogen) atoms. The molecule has 1 amide bonds. The quantitative estimate of drug-likeness (QED) is 0.661. The number of carbonyl (C=O) groups excluding carboxylic acids is 1. The second kappa shape index (κ2) is 3.31. The Balaban J connectivity index is 2.43. The van der Waals surface area contributed by atoms with Crippen LogP contribution >= 0.6 is 0 Å². The summed E-state index contributed by atoms with van der Waals surface area (Å²) >= 11 is 0. The average Bonchev–Trinajstić information content (AvgIpc) is 2.23. The molecule has 0 unspecified atom stereocenters. The lowest BCUT2D eigenvalue weighted by molar-refractivity contribution is -0.118. The molecule has 1 heterocycles. The minimum Gasteiger partial charge on any atom is -0.315 e. The van der Waals surface area contributed by atoms with Gasteiger partial charge in [0.25, 0.3) is 0 Å². The van der Waals surface area contributed by atoms with E-state index in [1.807, 2.05) is 12.1 Å². The van der Waals surface area contributed by atoms with Crippen molar-refractivity contribution in [1.29, 1.82) is 0 Å². The Bertz CT molecular complexity index is 376. The number of nitrogens with zero attached hydrogens (tertiary/aromatic N) is 1. The highest BCUT2D eigenvalue weighted by Gasteiger charge is 2.20. The normalized spacial score (nSPS) is 15.3. The maximum Gasteiger partial charge on any atom is 0.227 e. The Morgan fingerprint density at radius 2 is 2.21 bits per heavy atom. The first-order chi connectivity index (χ1) is 6.72. The Labute approximate surface area is 82.1 Å². The highest BCUT2D eigenvalue weighted by atomic mass is 16.5. The molecular formula is C10H12N2O2. The van der Waals surface area contributed by atoms with Crippen LogP contribution in [0.1, 0.15) is 12.0 Å². The summed E-state index contributed by atoms with van der Waals surface area (Å²) < 4.78 is 0. The summed E-state index contributed by atoms with van der Waals surface area (Å²) in [5.74, 6) is 0.141. The van der Waals surface area contributed by atoms with E-state index in [1.54, 1.807) is 18.0 Å². The summed E-state index contributed by atoms with van der Waals surface area (Å²) in [6, 6.07) is 5.44. The van der Waals surface area contributed by atoms with E-state index in [0.717, 1.165) is 17.7 Å². The van der Waals surface area contributed by atoms with Crippen molar-refractivity contribution in [3.05, 3.63) is 23.8 Å². The van der Waals surface area contributed by atoms with Crippen LogP contribution in [0, 0.1) is 0 Å². The SMILES string of the molecule is CN1C(=O)CCc2cc(NO)ccc21. The van der Waals surface area contributed by atoms with Gasteiger partial charge in [-0.2, -0.15) is 0 Å². The van der Waals surface area contributed by atoms with Crippen molar-refractivity contribution in [2.75, 3.05) is 17.4 Å². The summed E-state index contributed by atoms with van der Waals surface area (Å²) in [6.07, 6.45) is 1.28. The van der Waals surface area contributed by atoms with Gasteiger partial charge in [0, 0.05) is 19.2 Å². The molecule has 0 radical (unpaired) electrons. The maximum atomic E-state index is 11.4. The topological polar surface area (TPSA) is 52.6 Å². The monoisotopic (exact) mass is 192 g/mol. The molecule has 0 aliphatic carbocycles. The molecule has 0 spiro atoms. The predicted octanol–water partition coefficient (Wildman–Crippen LogP) is 1.40. The number of amides is 1. The molecule has 2 rings (SSSR count). The van der Waals surface area contributed by atoms with E-state index in [4.69, 9.17) is 5.21 Å². The number of rotatable bonds is 1. The number of fused-ring (bicyclic) bond motifs is 1. The van der Waals surface area contributed by atoms with Crippen LogP contribution < -0.4 is 10.4 Å². The van der Waals surface area contributed by atoms with Crippen LogP contribution in [0.3, 0.4) is 0 Å². The third kappa shape index (κ3) is 1.33. The lowest BCUT2D eigenvalue weighted by Crippen LogP contribution is -2.31. The van der Waals surface area contributed by atoms with Gasteiger partial charge in [-0.1, -0.05) is 0 Å². The van der Waals surface area contributed by atoms with Crippen molar-refractivity contribution in [2.24, 2.45) is 0 Å². The summed E-state index contributed by atoms with van der Waals surface area (Å²) in [5.41, 5.74) is 4.78. The summed E-state index contributed by atoms with van der Waals surface area (Å²) in [4.78, 5) is 13.0. The molecule has 1 aliphatic heterocycles. The number of anilines is 2. The number of hydrogen-bond donors (Lipinski definition) is 2. The van der Waals surface area contributed by atoms with Gasteiger partial charge < -0.3 is 4.90 Å². The smallest absolute Gasteiger partial charge is 0.227 e. The zero-order valence-corrected chi connectivity index (χ0v) is 7.95. The largest absolute Gasteiger partial charge is 0.315 e. The van der Waals surface area contributed by atoms with E-state index in [1.165, 1.54) is 0 Å². The van der Waals surface area contributed by atoms with Gasteiger partial charge in [-0.3, -0.25) is 15.5 Å². The first kappa shape index (κ1) is 9.02. The number of hydrogen-bond acceptors (Lipinski definition) is 3. The number of nitrogens with one attached hydrogen (secondary N) is 1. The van der Waals surface area contributed by atoms with Crippen molar-refractivity contribution in [3.63, 3.8) is 0 Å². The first-order valence-electron chi connectivity index (χ1n) is 4.52. The fourth-order valence-electron chi connectivity index (χ4n) is 1.73. The van der Waals surface area contributed by atoms with E-state index in [2.05, 4.69) is 5.48 Å². The average molecular weight is 192 g/mol. The summed E-state index contributed by atoms with van der Waals surface area (Å²) in [5, 5.41) is 8.73. The Kier molecular flexibility index (Phi) is 2.13. The third-order valence-electron chi connectivity index (χ3n) is 2.55. The molecule has 2 N–H and O–H groups in total. The minimum absolute atomic E-state index is 0.141. The van der Waals surface area contributed by atoms with Gasteiger partial charge in [0.05, 0.1) is 5.69 Å². The van der Waals surface area contributed by atoms with Gasteiger partial charge >= 0.3 is 0 Å². The van der Waals surface area contributed by atoms with E-state index >= 15 is 0 Å². The lowest BCUT2D eigenvalue weighted by atomic mass is 10.0. The molecule has 0 atom stereocenters. The first-order valence-corrected chi connectivity index (χ1v) is 4.52. The maximum absolute atomic E-state index is 11.4. The molecular weight excluding hydrogens is 180 g/mol. The third-order valence-corrected chi connectivity index (χ3v) is 2.55. The van der Waals surface area contributed by atoms with E-state index in [9.17, 15) is 4.79 Å². The molecule has 0 bridgehead atoms. The Hall–Kier alpha value is -1.55. The standard InChI is InChI=1S/C10H12N2O2/c1-12-9-4-3-8(11-14)6-7(9)2-5-10(12)13/h3-4,6,11,14H,2,5H2,1H3. The van der Waals surface area contributed by atoms with Gasteiger partial charge in [-0.05, 0) is 30.2 Å². The van der Waals surface area contributed by atoms with Crippen LogP contribution in [0.5, 0.6) is 0 Å².